The first-order valence-corrected chi connectivity index (χ1v) is 27.5. The van der Waals surface area contributed by atoms with Gasteiger partial charge in [0.15, 0.2) is 0 Å². The van der Waals surface area contributed by atoms with Gasteiger partial charge in [0, 0.05) is 6.42 Å². The summed E-state index contributed by atoms with van der Waals surface area (Å²) in [6.45, 7) is 4.26. The van der Waals surface area contributed by atoms with Gasteiger partial charge in [0.1, 0.15) is 0 Å². The van der Waals surface area contributed by atoms with Crippen LogP contribution in [0.4, 0.5) is 0 Å². The zero-order chi connectivity index (χ0) is 44.9. The van der Waals surface area contributed by atoms with E-state index in [1.165, 1.54) is 199 Å². The second-order valence-corrected chi connectivity index (χ2v) is 18.6. The molecule has 0 fully saturated rings. The van der Waals surface area contributed by atoms with Crippen molar-refractivity contribution in [1.29, 1.82) is 0 Å². The molecule has 0 aliphatic rings. The van der Waals surface area contributed by atoms with Crippen LogP contribution in [0.2, 0.25) is 0 Å². The number of unbranched alkanes of at least 4 members (excludes halogenated alkanes) is 33. The van der Waals surface area contributed by atoms with Crippen molar-refractivity contribution in [3.8, 4) is 0 Å². The van der Waals surface area contributed by atoms with Crippen molar-refractivity contribution in [2.24, 2.45) is 0 Å². The molecular weight excluding hydrogens is 759 g/mol. The lowest BCUT2D eigenvalue weighted by molar-refractivity contribution is -0.123. The van der Waals surface area contributed by atoms with Crippen molar-refractivity contribution in [2.45, 2.75) is 296 Å². The third kappa shape index (κ3) is 49.1. The molecule has 62 heavy (non-hydrogen) atoms. The fourth-order valence-electron chi connectivity index (χ4n) is 8.39. The lowest BCUT2D eigenvalue weighted by atomic mass is 10.0. The normalized spacial score (nSPS) is 13.3. The number of allylic oxidation sites excluding steroid dienone is 10. The Labute approximate surface area is 387 Å². The van der Waals surface area contributed by atoms with E-state index in [9.17, 15) is 15.0 Å². The molecular formula is C58H107NO3. The van der Waals surface area contributed by atoms with E-state index in [-0.39, 0.29) is 12.5 Å². The molecule has 0 saturated heterocycles. The van der Waals surface area contributed by atoms with Crippen molar-refractivity contribution in [3.63, 3.8) is 0 Å². The quantitative estimate of drug-likeness (QED) is 0.0421. The van der Waals surface area contributed by atoms with Crippen LogP contribution in [0.15, 0.2) is 60.8 Å². The van der Waals surface area contributed by atoms with E-state index in [4.69, 9.17) is 0 Å². The molecule has 3 N–H and O–H groups in total. The van der Waals surface area contributed by atoms with E-state index in [0.717, 1.165) is 57.8 Å². The average molecular weight is 866 g/mol. The van der Waals surface area contributed by atoms with Crippen molar-refractivity contribution < 1.29 is 15.0 Å². The number of carbonyl (C=O) groups is 1. The molecule has 1 amide bonds. The summed E-state index contributed by atoms with van der Waals surface area (Å²) in [5.74, 6) is -0.0287. The Bertz CT molecular complexity index is 1030. The minimum Gasteiger partial charge on any atom is -0.394 e. The number of rotatable bonds is 50. The van der Waals surface area contributed by atoms with E-state index in [1.54, 1.807) is 0 Å². The van der Waals surface area contributed by atoms with Crippen molar-refractivity contribution in [2.75, 3.05) is 6.61 Å². The zero-order valence-corrected chi connectivity index (χ0v) is 41.6. The van der Waals surface area contributed by atoms with Crippen LogP contribution >= 0.6 is 0 Å². The summed E-state index contributed by atoms with van der Waals surface area (Å²) in [6, 6.07) is -0.536. The molecule has 0 rings (SSSR count). The Morgan fingerprint density at radius 1 is 0.403 bits per heavy atom. The van der Waals surface area contributed by atoms with E-state index in [1.807, 2.05) is 0 Å². The highest BCUT2D eigenvalue weighted by Gasteiger charge is 2.20. The summed E-state index contributed by atoms with van der Waals surface area (Å²) in [5.41, 5.74) is 0. The Morgan fingerprint density at radius 3 is 1.06 bits per heavy atom. The van der Waals surface area contributed by atoms with E-state index in [0.29, 0.717) is 12.8 Å². The van der Waals surface area contributed by atoms with Gasteiger partial charge in [-0.2, -0.15) is 0 Å². The molecule has 0 bridgehead atoms. The zero-order valence-electron chi connectivity index (χ0n) is 41.6. The molecule has 2 atom stereocenters. The highest BCUT2D eigenvalue weighted by molar-refractivity contribution is 5.76. The van der Waals surface area contributed by atoms with Crippen molar-refractivity contribution >= 4 is 5.91 Å². The molecule has 0 aromatic rings. The maximum Gasteiger partial charge on any atom is 0.220 e. The maximum atomic E-state index is 12.5. The van der Waals surface area contributed by atoms with Gasteiger partial charge in [-0.05, 0) is 57.8 Å². The van der Waals surface area contributed by atoms with Crippen molar-refractivity contribution in [3.05, 3.63) is 60.8 Å². The Balaban J connectivity index is 3.43. The number of amides is 1. The minimum atomic E-state index is -0.659. The Kier molecular flexibility index (Phi) is 51.8. The number of carbonyl (C=O) groups excluding carboxylic acids is 1. The predicted molar refractivity (Wildman–Crippen MR) is 276 cm³/mol. The molecule has 0 heterocycles. The van der Waals surface area contributed by atoms with Crippen LogP contribution in [0.5, 0.6) is 0 Å². The topological polar surface area (TPSA) is 69.6 Å². The highest BCUT2D eigenvalue weighted by Crippen LogP contribution is 2.17. The average Bonchev–Trinajstić information content (AvgIpc) is 3.28. The van der Waals surface area contributed by atoms with Gasteiger partial charge in [-0.1, -0.05) is 280 Å². The van der Waals surface area contributed by atoms with Gasteiger partial charge in [-0.25, -0.2) is 0 Å². The summed E-state index contributed by atoms with van der Waals surface area (Å²) >= 11 is 0. The summed E-state index contributed by atoms with van der Waals surface area (Å²) in [4.78, 5) is 12.5. The Morgan fingerprint density at radius 2 is 0.710 bits per heavy atom. The van der Waals surface area contributed by atoms with Gasteiger partial charge in [0.2, 0.25) is 5.91 Å². The first-order chi connectivity index (χ1) is 30.7. The molecule has 4 nitrogen and oxygen atoms in total. The van der Waals surface area contributed by atoms with Gasteiger partial charge < -0.3 is 15.5 Å². The lowest BCUT2D eigenvalue weighted by Crippen LogP contribution is -2.45. The third-order valence-electron chi connectivity index (χ3n) is 12.5. The van der Waals surface area contributed by atoms with E-state index >= 15 is 0 Å². The van der Waals surface area contributed by atoms with Crippen LogP contribution < -0.4 is 5.32 Å². The largest absolute Gasteiger partial charge is 0.394 e. The van der Waals surface area contributed by atoms with Gasteiger partial charge in [-0.15, -0.1) is 0 Å². The SMILES string of the molecule is CC/C=C\C/C=C\C/C=C\C/C=C\C/C=C\CCCCCCCCCCCCCCCCCCCCCC(=O)NC(CO)C(O)CCCCCCCCCCCCCCCCC. The first kappa shape index (κ1) is 60.1. The van der Waals surface area contributed by atoms with Crippen LogP contribution in [-0.4, -0.2) is 34.9 Å². The second-order valence-electron chi connectivity index (χ2n) is 18.6. The van der Waals surface area contributed by atoms with E-state index < -0.39 is 12.1 Å². The van der Waals surface area contributed by atoms with Crippen LogP contribution in [0.3, 0.4) is 0 Å². The minimum absolute atomic E-state index is 0.0287. The second kappa shape index (κ2) is 53.4. The maximum absolute atomic E-state index is 12.5. The van der Waals surface area contributed by atoms with Gasteiger partial charge in [-0.3, -0.25) is 4.79 Å². The number of aliphatic hydroxyl groups excluding tert-OH is 2. The number of nitrogens with one attached hydrogen (secondary N) is 1. The number of hydrogen-bond acceptors (Lipinski definition) is 3. The summed E-state index contributed by atoms with van der Waals surface area (Å²) in [6.07, 6.45) is 74.9. The number of aliphatic hydroxyl groups is 2. The molecule has 0 saturated carbocycles. The highest BCUT2D eigenvalue weighted by atomic mass is 16.3. The fraction of sp³-hybridized carbons (Fsp3) is 0.810. The molecule has 0 aliphatic carbocycles. The van der Waals surface area contributed by atoms with E-state index in [2.05, 4.69) is 79.9 Å². The van der Waals surface area contributed by atoms with Gasteiger partial charge in [0.25, 0.3) is 0 Å². The molecule has 4 heteroatoms. The summed E-state index contributed by atoms with van der Waals surface area (Å²) < 4.78 is 0. The molecule has 0 aliphatic heterocycles. The molecule has 0 spiro atoms. The van der Waals surface area contributed by atoms with Crippen LogP contribution in [-0.2, 0) is 4.79 Å². The molecule has 362 valence electrons. The fourth-order valence-corrected chi connectivity index (χ4v) is 8.39. The van der Waals surface area contributed by atoms with Gasteiger partial charge in [0.05, 0.1) is 18.8 Å². The molecule has 0 radical (unpaired) electrons. The monoisotopic (exact) mass is 866 g/mol. The van der Waals surface area contributed by atoms with Crippen LogP contribution in [0.25, 0.3) is 0 Å². The summed E-state index contributed by atoms with van der Waals surface area (Å²) in [7, 11) is 0. The van der Waals surface area contributed by atoms with Crippen LogP contribution in [0.1, 0.15) is 284 Å². The van der Waals surface area contributed by atoms with Crippen molar-refractivity contribution in [1.82, 2.24) is 5.32 Å². The lowest BCUT2D eigenvalue weighted by Gasteiger charge is -2.22. The number of hydrogen-bond donors (Lipinski definition) is 3. The standard InChI is InChI=1S/C58H107NO3/c1-3-5-7-9-11-13-15-17-19-20-21-22-23-24-25-26-27-28-29-30-31-32-33-34-35-36-37-38-40-42-44-46-48-50-52-54-58(62)59-56(55-60)57(61)53-51-49-47-45-43-41-39-18-16-14-12-10-8-6-4-2/h5,7,11,13,17,19,21-22,24-25,56-57,60-61H,3-4,6,8-10,12,14-16,18,20,23,26-55H2,1-2H3,(H,59,62)/b7-5-,13-11-,19-17-,22-21-,25-24-. The third-order valence-corrected chi connectivity index (χ3v) is 12.5. The molecule has 0 aromatic carbocycles. The summed E-state index contributed by atoms with van der Waals surface area (Å²) in [5, 5.41) is 23.3. The van der Waals surface area contributed by atoms with Gasteiger partial charge >= 0.3 is 0 Å². The predicted octanol–water partition coefficient (Wildman–Crippen LogP) is 18.0. The Hall–Kier alpha value is -1.91. The molecule has 0 aromatic heterocycles. The van der Waals surface area contributed by atoms with Crippen LogP contribution in [0, 0.1) is 0 Å². The smallest absolute Gasteiger partial charge is 0.220 e. The molecule has 2 unspecified atom stereocenters. The first-order valence-electron chi connectivity index (χ1n) is 27.5.